The van der Waals surface area contributed by atoms with Gasteiger partial charge in [0.05, 0.1) is 6.61 Å². The monoisotopic (exact) mass is 270 g/mol. The smallest absolute Gasteiger partial charge is 0.128 e. The lowest BCUT2D eigenvalue weighted by atomic mass is 9.94. The molecule has 1 aliphatic heterocycles. The fourth-order valence-electron chi connectivity index (χ4n) is 2.65. The molecule has 1 aliphatic rings. The Bertz CT molecular complexity index is 580. The second kappa shape index (κ2) is 5.65. The minimum absolute atomic E-state index is 0.665. The lowest BCUT2D eigenvalue weighted by molar-refractivity contribution is 0.0152. The van der Waals surface area contributed by atoms with Crippen molar-refractivity contribution in [2.45, 2.75) is 25.0 Å². The first-order chi connectivity index (χ1) is 9.77. The van der Waals surface area contributed by atoms with E-state index in [9.17, 15) is 10.2 Å². The van der Waals surface area contributed by atoms with Gasteiger partial charge < -0.3 is 14.9 Å². The molecular formula is C17H18O3. The van der Waals surface area contributed by atoms with Gasteiger partial charge in [0, 0.05) is 5.56 Å². The molecule has 0 aromatic heterocycles. The summed E-state index contributed by atoms with van der Waals surface area (Å²) in [4.78, 5) is 0. The fraction of sp³-hybridized carbons (Fsp3) is 0.294. The van der Waals surface area contributed by atoms with Gasteiger partial charge in [0.1, 0.15) is 18.0 Å². The maximum atomic E-state index is 10.5. The Morgan fingerprint density at radius 2 is 1.70 bits per heavy atom. The molecule has 104 valence electrons. The van der Waals surface area contributed by atoms with Gasteiger partial charge in [0.2, 0.25) is 0 Å². The van der Waals surface area contributed by atoms with Crippen LogP contribution in [-0.4, -0.2) is 16.8 Å². The van der Waals surface area contributed by atoms with Gasteiger partial charge in [-0.2, -0.15) is 0 Å². The van der Waals surface area contributed by atoms with Crippen LogP contribution in [0.3, 0.4) is 0 Å². The first-order valence-corrected chi connectivity index (χ1v) is 6.93. The molecule has 3 nitrogen and oxygen atoms in total. The summed E-state index contributed by atoms with van der Waals surface area (Å²) in [5.41, 5.74) is 2.47. The third kappa shape index (κ3) is 2.42. The SMILES string of the molecule is OC(c1ccccc1)C(O)c1cccc2c1OCCC2. The molecule has 2 aromatic rings. The maximum Gasteiger partial charge on any atom is 0.128 e. The third-order valence-corrected chi connectivity index (χ3v) is 3.72. The van der Waals surface area contributed by atoms with Crippen molar-refractivity contribution in [1.29, 1.82) is 0 Å². The maximum absolute atomic E-state index is 10.5. The van der Waals surface area contributed by atoms with E-state index in [-0.39, 0.29) is 0 Å². The van der Waals surface area contributed by atoms with E-state index in [0.29, 0.717) is 17.7 Å². The normalized spacial score (nSPS) is 16.9. The Morgan fingerprint density at radius 3 is 2.50 bits per heavy atom. The highest BCUT2D eigenvalue weighted by Crippen LogP contribution is 2.37. The zero-order valence-corrected chi connectivity index (χ0v) is 11.2. The number of rotatable bonds is 3. The van der Waals surface area contributed by atoms with Gasteiger partial charge in [-0.15, -0.1) is 0 Å². The molecule has 0 bridgehead atoms. The standard InChI is InChI=1S/C17H18O3/c18-15(12-6-2-1-3-7-12)16(19)14-10-4-8-13-9-5-11-20-17(13)14/h1-4,6-8,10,15-16,18-19H,5,9,11H2. The van der Waals surface area contributed by atoms with Gasteiger partial charge in [0.25, 0.3) is 0 Å². The minimum Gasteiger partial charge on any atom is -0.493 e. The Labute approximate surface area is 118 Å². The highest BCUT2D eigenvalue weighted by Gasteiger charge is 2.25. The number of benzene rings is 2. The summed E-state index contributed by atoms with van der Waals surface area (Å²) in [6.45, 7) is 0.665. The van der Waals surface area contributed by atoms with E-state index in [4.69, 9.17) is 4.74 Å². The Morgan fingerprint density at radius 1 is 0.900 bits per heavy atom. The van der Waals surface area contributed by atoms with Crippen molar-refractivity contribution in [2.24, 2.45) is 0 Å². The summed E-state index contributed by atoms with van der Waals surface area (Å²) in [5.74, 6) is 0.737. The molecule has 3 rings (SSSR count). The Hall–Kier alpha value is -1.84. The molecule has 0 aliphatic carbocycles. The van der Waals surface area contributed by atoms with Crippen LogP contribution in [0.15, 0.2) is 48.5 Å². The Balaban J connectivity index is 1.93. The number of hydrogen-bond donors (Lipinski definition) is 2. The summed E-state index contributed by atoms with van der Waals surface area (Å²) < 4.78 is 5.69. The van der Waals surface area contributed by atoms with Crippen molar-refractivity contribution in [3.05, 3.63) is 65.2 Å². The molecule has 0 saturated carbocycles. The lowest BCUT2D eigenvalue weighted by Gasteiger charge is -2.25. The summed E-state index contributed by atoms with van der Waals surface area (Å²) in [6, 6.07) is 14.9. The topological polar surface area (TPSA) is 49.7 Å². The number of aryl methyl sites for hydroxylation is 1. The molecule has 20 heavy (non-hydrogen) atoms. The number of ether oxygens (including phenoxy) is 1. The van der Waals surface area contributed by atoms with E-state index in [1.165, 1.54) is 0 Å². The highest BCUT2D eigenvalue weighted by atomic mass is 16.5. The molecule has 1 heterocycles. The van der Waals surface area contributed by atoms with Crippen molar-refractivity contribution in [1.82, 2.24) is 0 Å². The zero-order valence-electron chi connectivity index (χ0n) is 11.2. The molecule has 0 radical (unpaired) electrons. The van der Waals surface area contributed by atoms with Crippen LogP contribution in [0.25, 0.3) is 0 Å². The predicted octanol–water partition coefficient (Wildman–Crippen LogP) is 2.78. The van der Waals surface area contributed by atoms with E-state index in [1.54, 1.807) is 0 Å². The van der Waals surface area contributed by atoms with Crippen LogP contribution in [0.4, 0.5) is 0 Å². The molecule has 2 N–H and O–H groups in total. The van der Waals surface area contributed by atoms with Crippen LogP contribution in [-0.2, 0) is 6.42 Å². The fourth-order valence-corrected chi connectivity index (χ4v) is 2.65. The van der Waals surface area contributed by atoms with Gasteiger partial charge in [-0.05, 0) is 24.0 Å². The highest BCUT2D eigenvalue weighted by molar-refractivity contribution is 5.44. The van der Waals surface area contributed by atoms with Gasteiger partial charge >= 0.3 is 0 Å². The molecular weight excluding hydrogens is 252 g/mol. The summed E-state index contributed by atoms with van der Waals surface area (Å²) in [7, 11) is 0. The average Bonchev–Trinajstić information content (AvgIpc) is 2.54. The lowest BCUT2D eigenvalue weighted by Crippen LogP contribution is -2.16. The van der Waals surface area contributed by atoms with E-state index in [0.717, 1.165) is 24.2 Å². The molecule has 2 atom stereocenters. The van der Waals surface area contributed by atoms with Crippen molar-refractivity contribution < 1.29 is 14.9 Å². The third-order valence-electron chi connectivity index (χ3n) is 3.72. The van der Waals surface area contributed by atoms with Crippen molar-refractivity contribution in [2.75, 3.05) is 6.61 Å². The van der Waals surface area contributed by atoms with Crippen LogP contribution in [0, 0.1) is 0 Å². The largest absolute Gasteiger partial charge is 0.493 e. The molecule has 2 unspecified atom stereocenters. The number of hydrogen-bond acceptors (Lipinski definition) is 3. The summed E-state index contributed by atoms with van der Waals surface area (Å²) >= 11 is 0. The van der Waals surface area contributed by atoms with Crippen LogP contribution in [0.5, 0.6) is 5.75 Å². The van der Waals surface area contributed by atoms with E-state index in [2.05, 4.69) is 0 Å². The van der Waals surface area contributed by atoms with E-state index >= 15 is 0 Å². The van der Waals surface area contributed by atoms with Crippen LogP contribution < -0.4 is 4.74 Å². The van der Waals surface area contributed by atoms with Crippen LogP contribution >= 0.6 is 0 Å². The van der Waals surface area contributed by atoms with E-state index in [1.807, 2.05) is 48.5 Å². The van der Waals surface area contributed by atoms with Crippen LogP contribution in [0.2, 0.25) is 0 Å². The Kier molecular flexibility index (Phi) is 3.72. The minimum atomic E-state index is -0.981. The molecule has 0 saturated heterocycles. The molecule has 0 fully saturated rings. The second-order valence-electron chi connectivity index (χ2n) is 5.09. The quantitative estimate of drug-likeness (QED) is 0.901. The first kappa shape index (κ1) is 13.2. The van der Waals surface area contributed by atoms with Crippen molar-refractivity contribution >= 4 is 0 Å². The summed E-state index contributed by atoms with van der Waals surface area (Å²) in [5, 5.41) is 20.8. The number of aliphatic hydroxyl groups is 2. The number of aliphatic hydroxyl groups excluding tert-OH is 2. The molecule has 0 amide bonds. The summed E-state index contributed by atoms with van der Waals surface area (Å²) in [6.07, 6.45) is 0.0177. The zero-order chi connectivity index (χ0) is 13.9. The van der Waals surface area contributed by atoms with Gasteiger partial charge in [-0.1, -0.05) is 48.5 Å². The molecule has 2 aromatic carbocycles. The van der Waals surface area contributed by atoms with Crippen LogP contribution in [0.1, 0.15) is 35.3 Å². The average molecular weight is 270 g/mol. The molecule has 0 spiro atoms. The van der Waals surface area contributed by atoms with Crippen molar-refractivity contribution in [3.63, 3.8) is 0 Å². The first-order valence-electron chi connectivity index (χ1n) is 6.93. The van der Waals surface area contributed by atoms with Gasteiger partial charge in [-0.25, -0.2) is 0 Å². The van der Waals surface area contributed by atoms with Gasteiger partial charge in [0.15, 0.2) is 0 Å². The van der Waals surface area contributed by atoms with E-state index < -0.39 is 12.2 Å². The second-order valence-corrected chi connectivity index (χ2v) is 5.09. The van der Waals surface area contributed by atoms with Gasteiger partial charge in [-0.3, -0.25) is 0 Å². The predicted molar refractivity (Wildman–Crippen MR) is 76.6 cm³/mol. The number of para-hydroxylation sites is 1. The molecule has 3 heteroatoms. The number of fused-ring (bicyclic) bond motifs is 1. The van der Waals surface area contributed by atoms with Crippen molar-refractivity contribution in [3.8, 4) is 5.75 Å².